The summed E-state index contributed by atoms with van der Waals surface area (Å²) in [5, 5.41) is 13.1. The Morgan fingerprint density at radius 3 is 2.60 bits per heavy atom. The van der Waals surface area contributed by atoms with Gasteiger partial charge in [0.05, 0.1) is 6.10 Å². The number of fused-ring (bicyclic) bond motifs is 3. The average molecular weight is 491 g/mol. The standard InChI is InChI=1S/C28H34N4O2S/c1-2-3-4-5-10-19-35-28-30-27-25(31-32-28)23-13-8-9-14-24(23)29-26(34-27)20-15-17-22(18-16-20)33-21-11-6-7-12-21/h8-9,13-18,21,26,29H,2-7,10-12,19H2,1H3/t26-/m0/s1. The van der Waals surface area contributed by atoms with Gasteiger partial charge < -0.3 is 14.8 Å². The van der Waals surface area contributed by atoms with E-state index in [4.69, 9.17) is 14.5 Å². The second kappa shape index (κ2) is 11.8. The molecule has 2 aromatic carbocycles. The minimum atomic E-state index is -0.387. The Morgan fingerprint density at radius 2 is 1.77 bits per heavy atom. The Kier molecular flexibility index (Phi) is 8.03. The molecule has 5 rings (SSSR count). The van der Waals surface area contributed by atoms with Gasteiger partial charge in [-0.1, -0.05) is 62.6 Å². The van der Waals surface area contributed by atoms with Crippen LogP contribution < -0.4 is 14.8 Å². The Morgan fingerprint density at radius 1 is 0.971 bits per heavy atom. The zero-order chi connectivity index (χ0) is 23.9. The summed E-state index contributed by atoms with van der Waals surface area (Å²) >= 11 is 1.65. The first-order chi connectivity index (χ1) is 17.3. The van der Waals surface area contributed by atoms with Gasteiger partial charge in [-0.15, -0.1) is 10.2 Å². The summed E-state index contributed by atoms with van der Waals surface area (Å²) in [5.74, 6) is 2.42. The monoisotopic (exact) mass is 490 g/mol. The number of ether oxygens (including phenoxy) is 2. The van der Waals surface area contributed by atoms with Crippen molar-refractivity contribution >= 4 is 17.4 Å². The molecule has 1 aromatic heterocycles. The third kappa shape index (κ3) is 6.07. The molecule has 1 fully saturated rings. The summed E-state index contributed by atoms with van der Waals surface area (Å²) in [7, 11) is 0. The molecule has 7 heteroatoms. The lowest BCUT2D eigenvalue weighted by atomic mass is 10.1. The summed E-state index contributed by atoms with van der Waals surface area (Å²) in [4.78, 5) is 4.77. The molecular formula is C28H34N4O2S. The highest BCUT2D eigenvalue weighted by atomic mass is 32.2. The van der Waals surface area contributed by atoms with Crippen molar-refractivity contribution in [2.45, 2.75) is 82.2 Å². The molecule has 35 heavy (non-hydrogen) atoms. The highest BCUT2D eigenvalue weighted by Gasteiger charge is 2.26. The van der Waals surface area contributed by atoms with Crippen molar-refractivity contribution in [3.8, 4) is 22.9 Å². The molecule has 1 saturated carbocycles. The fourth-order valence-corrected chi connectivity index (χ4v) is 5.43. The molecule has 2 heterocycles. The quantitative estimate of drug-likeness (QED) is 0.234. The molecule has 0 bridgehead atoms. The van der Waals surface area contributed by atoms with Crippen LogP contribution in [-0.2, 0) is 0 Å². The van der Waals surface area contributed by atoms with E-state index >= 15 is 0 Å². The highest BCUT2D eigenvalue weighted by molar-refractivity contribution is 7.99. The Bertz CT molecular complexity index is 1100. The molecule has 1 aliphatic carbocycles. The average Bonchev–Trinajstić information content (AvgIpc) is 3.34. The lowest BCUT2D eigenvalue weighted by Crippen LogP contribution is -2.17. The number of hydrogen-bond donors (Lipinski definition) is 1. The van der Waals surface area contributed by atoms with Crippen molar-refractivity contribution in [3.63, 3.8) is 0 Å². The largest absolute Gasteiger partial charge is 0.490 e. The van der Waals surface area contributed by atoms with Crippen LogP contribution in [0.2, 0.25) is 0 Å². The second-order valence-electron chi connectivity index (χ2n) is 9.29. The molecule has 0 saturated heterocycles. The van der Waals surface area contributed by atoms with Gasteiger partial charge in [-0.3, -0.25) is 0 Å². The lowest BCUT2D eigenvalue weighted by Gasteiger charge is -2.20. The van der Waals surface area contributed by atoms with Crippen LogP contribution in [0.3, 0.4) is 0 Å². The van der Waals surface area contributed by atoms with E-state index < -0.39 is 0 Å². The number of aromatic nitrogens is 3. The van der Waals surface area contributed by atoms with Gasteiger partial charge in [-0.2, -0.15) is 4.98 Å². The molecule has 1 N–H and O–H groups in total. The summed E-state index contributed by atoms with van der Waals surface area (Å²) in [6.07, 6.45) is 11.0. The Labute approximate surface area is 212 Å². The maximum atomic E-state index is 6.42. The summed E-state index contributed by atoms with van der Waals surface area (Å²) in [5.41, 5.74) is 3.58. The molecule has 0 radical (unpaired) electrons. The zero-order valence-corrected chi connectivity index (χ0v) is 21.2. The van der Waals surface area contributed by atoms with E-state index in [-0.39, 0.29) is 6.23 Å². The van der Waals surface area contributed by atoms with Crippen molar-refractivity contribution in [1.82, 2.24) is 15.2 Å². The van der Waals surface area contributed by atoms with Crippen LogP contribution in [0.4, 0.5) is 5.69 Å². The van der Waals surface area contributed by atoms with Gasteiger partial charge in [0.1, 0.15) is 5.75 Å². The fourth-order valence-electron chi connectivity index (χ4n) is 4.65. The summed E-state index contributed by atoms with van der Waals surface area (Å²) in [6.45, 7) is 2.24. The first-order valence-corrected chi connectivity index (χ1v) is 14.0. The molecule has 6 nitrogen and oxygen atoms in total. The lowest BCUT2D eigenvalue weighted by molar-refractivity contribution is 0.209. The smallest absolute Gasteiger partial charge is 0.247 e. The topological polar surface area (TPSA) is 69.2 Å². The Hall–Kier alpha value is -2.80. The van der Waals surface area contributed by atoms with Crippen LogP contribution in [0.25, 0.3) is 11.3 Å². The van der Waals surface area contributed by atoms with Crippen LogP contribution in [0.1, 0.15) is 76.5 Å². The third-order valence-corrected chi connectivity index (χ3v) is 7.52. The van der Waals surface area contributed by atoms with Crippen LogP contribution in [0, 0.1) is 0 Å². The first kappa shape index (κ1) is 23.9. The molecule has 0 amide bonds. The normalized spacial score (nSPS) is 17.1. The summed E-state index contributed by atoms with van der Waals surface area (Å²) < 4.78 is 12.6. The van der Waals surface area contributed by atoms with Gasteiger partial charge >= 0.3 is 0 Å². The predicted molar refractivity (Wildman–Crippen MR) is 141 cm³/mol. The Balaban J connectivity index is 1.33. The van der Waals surface area contributed by atoms with E-state index in [1.165, 1.54) is 38.5 Å². The minimum Gasteiger partial charge on any atom is -0.490 e. The van der Waals surface area contributed by atoms with Crippen molar-refractivity contribution in [1.29, 1.82) is 0 Å². The van der Waals surface area contributed by atoms with Crippen LogP contribution in [0.15, 0.2) is 53.7 Å². The number of hydrogen-bond acceptors (Lipinski definition) is 7. The number of para-hydroxylation sites is 1. The third-order valence-electron chi connectivity index (χ3n) is 6.60. The fraction of sp³-hybridized carbons (Fsp3) is 0.464. The molecule has 184 valence electrons. The van der Waals surface area contributed by atoms with Crippen molar-refractivity contribution in [2.75, 3.05) is 11.1 Å². The van der Waals surface area contributed by atoms with E-state index in [1.54, 1.807) is 11.8 Å². The number of anilines is 1. The van der Waals surface area contributed by atoms with E-state index in [0.717, 1.165) is 47.6 Å². The van der Waals surface area contributed by atoms with Gasteiger partial charge in [-0.05, 0) is 62.4 Å². The van der Waals surface area contributed by atoms with Gasteiger partial charge in [0.2, 0.25) is 11.0 Å². The van der Waals surface area contributed by atoms with Gasteiger partial charge in [-0.25, -0.2) is 0 Å². The molecule has 0 unspecified atom stereocenters. The molecular weight excluding hydrogens is 456 g/mol. The maximum absolute atomic E-state index is 6.42. The molecule has 1 aliphatic heterocycles. The number of nitrogens with zero attached hydrogens (tertiary/aromatic N) is 3. The van der Waals surface area contributed by atoms with Crippen LogP contribution in [0.5, 0.6) is 11.6 Å². The number of rotatable bonds is 10. The number of unbranched alkanes of at least 4 members (excludes halogenated alkanes) is 4. The van der Waals surface area contributed by atoms with Crippen LogP contribution in [-0.4, -0.2) is 27.0 Å². The van der Waals surface area contributed by atoms with E-state index in [9.17, 15) is 0 Å². The highest BCUT2D eigenvalue weighted by Crippen LogP contribution is 2.39. The maximum Gasteiger partial charge on any atom is 0.247 e. The SMILES string of the molecule is CCCCCCCSc1nnc2c(n1)O[C@@H](c1ccc(OC3CCCC3)cc1)Nc1ccccc1-2. The minimum absolute atomic E-state index is 0.345. The first-order valence-electron chi connectivity index (χ1n) is 13.0. The molecule has 0 spiro atoms. The number of thioether (sulfide) groups is 1. The van der Waals surface area contributed by atoms with Crippen molar-refractivity contribution < 1.29 is 9.47 Å². The summed E-state index contributed by atoms with van der Waals surface area (Å²) in [6, 6.07) is 16.3. The molecule has 3 aromatic rings. The van der Waals surface area contributed by atoms with Gasteiger partial charge in [0.15, 0.2) is 11.9 Å². The molecule has 2 aliphatic rings. The van der Waals surface area contributed by atoms with E-state index in [1.807, 2.05) is 36.4 Å². The zero-order valence-electron chi connectivity index (χ0n) is 20.4. The van der Waals surface area contributed by atoms with Crippen molar-refractivity contribution in [2.24, 2.45) is 0 Å². The number of nitrogens with one attached hydrogen (secondary N) is 1. The van der Waals surface area contributed by atoms with E-state index in [0.29, 0.717) is 22.8 Å². The van der Waals surface area contributed by atoms with Crippen LogP contribution >= 0.6 is 11.8 Å². The van der Waals surface area contributed by atoms with Crippen molar-refractivity contribution in [3.05, 3.63) is 54.1 Å². The predicted octanol–water partition coefficient (Wildman–Crippen LogP) is 7.43. The molecule has 1 atom stereocenters. The van der Waals surface area contributed by atoms with Gasteiger partial charge in [0.25, 0.3) is 0 Å². The number of benzene rings is 2. The van der Waals surface area contributed by atoms with E-state index in [2.05, 4.69) is 34.6 Å². The van der Waals surface area contributed by atoms with Gasteiger partial charge in [0, 0.05) is 22.6 Å². The second-order valence-corrected chi connectivity index (χ2v) is 10.4.